The lowest BCUT2D eigenvalue weighted by Crippen LogP contribution is -2.29. The van der Waals surface area contributed by atoms with Gasteiger partial charge in [-0.2, -0.15) is 0 Å². The number of fused-ring (bicyclic) bond motifs is 1. The van der Waals surface area contributed by atoms with E-state index in [4.69, 9.17) is 5.73 Å². The molecule has 1 aromatic carbocycles. The highest BCUT2D eigenvalue weighted by molar-refractivity contribution is 5.75. The zero-order valence-corrected chi connectivity index (χ0v) is 9.50. The van der Waals surface area contributed by atoms with Crippen LogP contribution in [0.1, 0.15) is 19.7 Å². The van der Waals surface area contributed by atoms with E-state index in [2.05, 4.69) is 23.8 Å². The summed E-state index contributed by atoms with van der Waals surface area (Å²) in [4.78, 5) is 7.32. The maximum atomic E-state index is 13.4. The van der Waals surface area contributed by atoms with E-state index in [1.165, 1.54) is 6.07 Å². The number of nitrogens with zero attached hydrogens (tertiary/aromatic N) is 1. The van der Waals surface area contributed by atoms with Gasteiger partial charge in [-0.05, 0) is 18.1 Å². The fourth-order valence-corrected chi connectivity index (χ4v) is 1.60. The Hall–Kier alpha value is -1.42. The third-order valence-electron chi connectivity index (χ3n) is 2.80. The normalized spacial score (nSPS) is 13.6. The molecule has 2 aromatic rings. The highest BCUT2D eigenvalue weighted by Crippen LogP contribution is 2.16. The van der Waals surface area contributed by atoms with Crippen molar-refractivity contribution in [3.05, 3.63) is 29.8 Å². The number of nitrogens with one attached hydrogen (secondary N) is 1. The number of imidazole rings is 1. The van der Waals surface area contributed by atoms with E-state index in [0.717, 1.165) is 11.3 Å². The number of para-hydroxylation sites is 1. The summed E-state index contributed by atoms with van der Waals surface area (Å²) in [6.45, 7) is 4.13. The zero-order valence-electron chi connectivity index (χ0n) is 9.50. The molecule has 0 fully saturated rings. The van der Waals surface area contributed by atoms with Gasteiger partial charge in [-0.1, -0.05) is 19.9 Å². The molecule has 1 unspecified atom stereocenters. The van der Waals surface area contributed by atoms with E-state index < -0.39 is 0 Å². The Bertz CT molecular complexity index is 490. The van der Waals surface area contributed by atoms with Crippen molar-refractivity contribution in [1.29, 1.82) is 0 Å². The highest BCUT2D eigenvalue weighted by Gasteiger charge is 2.12. The van der Waals surface area contributed by atoms with Gasteiger partial charge in [0.2, 0.25) is 0 Å². The zero-order chi connectivity index (χ0) is 11.7. The Kier molecular flexibility index (Phi) is 2.92. The number of halogens is 1. The van der Waals surface area contributed by atoms with Gasteiger partial charge in [-0.15, -0.1) is 0 Å². The van der Waals surface area contributed by atoms with Gasteiger partial charge >= 0.3 is 0 Å². The third-order valence-corrected chi connectivity index (χ3v) is 2.80. The second-order valence-electron chi connectivity index (χ2n) is 4.43. The first-order valence-electron chi connectivity index (χ1n) is 5.46. The van der Waals surface area contributed by atoms with Crippen LogP contribution < -0.4 is 5.73 Å². The molecule has 2 rings (SSSR count). The van der Waals surface area contributed by atoms with Crippen LogP contribution in [-0.4, -0.2) is 16.0 Å². The predicted octanol–water partition coefficient (Wildman–Crippen LogP) is 2.23. The molecule has 0 spiro atoms. The first-order chi connectivity index (χ1) is 7.58. The second-order valence-corrected chi connectivity index (χ2v) is 4.43. The molecule has 3 N–H and O–H groups in total. The molecular weight excluding hydrogens is 205 g/mol. The molecule has 1 heterocycles. The van der Waals surface area contributed by atoms with Crippen LogP contribution in [-0.2, 0) is 6.42 Å². The lowest BCUT2D eigenvalue weighted by Gasteiger charge is -2.13. The van der Waals surface area contributed by atoms with Crippen molar-refractivity contribution in [1.82, 2.24) is 9.97 Å². The molecule has 0 amide bonds. The van der Waals surface area contributed by atoms with E-state index >= 15 is 0 Å². The molecule has 0 aliphatic carbocycles. The van der Waals surface area contributed by atoms with Crippen LogP contribution in [0.3, 0.4) is 0 Å². The van der Waals surface area contributed by atoms with E-state index in [-0.39, 0.29) is 11.9 Å². The van der Waals surface area contributed by atoms with Crippen molar-refractivity contribution in [2.75, 3.05) is 0 Å². The number of rotatable bonds is 3. The fraction of sp³-hybridized carbons (Fsp3) is 0.417. The number of aromatic amines is 1. The molecule has 86 valence electrons. The highest BCUT2D eigenvalue weighted by atomic mass is 19.1. The van der Waals surface area contributed by atoms with Gasteiger partial charge in [0.1, 0.15) is 11.3 Å². The first kappa shape index (κ1) is 11.1. The summed E-state index contributed by atoms with van der Waals surface area (Å²) in [5.41, 5.74) is 7.08. The lowest BCUT2D eigenvalue weighted by atomic mass is 10.0. The Balaban J connectivity index is 2.30. The summed E-state index contributed by atoms with van der Waals surface area (Å²) in [6.07, 6.45) is 0.645. The molecule has 0 saturated heterocycles. The van der Waals surface area contributed by atoms with Gasteiger partial charge in [-0.3, -0.25) is 0 Å². The van der Waals surface area contributed by atoms with Gasteiger partial charge < -0.3 is 10.7 Å². The smallest absolute Gasteiger partial charge is 0.151 e. The van der Waals surface area contributed by atoms with Gasteiger partial charge in [-0.25, -0.2) is 9.37 Å². The number of benzene rings is 1. The lowest BCUT2D eigenvalue weighted by molar-refractivity contribution is 0.483. The van der Waals surface area contributed by atoms with Crippen molar-refractivity contribution >= 4 is 11.0 Å². The van der Waals surface area contributed by atoms with Crippen LogP contribution in [0, 0.1) is 11.7 Å². The molecule has 0 aliphatic rings. The van der Waals surface area contributed by atoms with Crippen LogP contribution in [0.4, 0.5) is 4.39 Å². The fourth-order valence-electron chi connectivity index (χ4n) is 1.60. The van der Waals surface area contributed by atoms with Crippen LogP contribution in [0.25, 0.3) is 11.0 Å². The minimum absolute atomic E-state index is 0.0450. The Morgan fingerprint density at radius 3 is 2.81 bits per heavy atom. The molecule has 1 atom stereocenters. The van der Waals surface area contributed by atoms with Crippen LogP contribution in [0.5, 0.6) is 0 Å². The SMILES string of the molecule is CC(C)C(N)Cc1nc2c(F)cccc2[nH]1. The standard InChI is InChI=1S/C12H16FN3/c1-7(2)9(14)6-11-15-10-5-3-4-8(13)12(10)16-11/h3-5,7,9H,6,14H2,1-2H3,(H,15,16). The number of hydrogen-bond donors (Lipinski definition) is 2. The average Bonchev–Trinajstić information content (AvgIpc) is 2.61. The first-order valence-corrected chi connectivity index (χ1v) is 5.46. The monoisotopic (exact) mass is 221 g/mol. The molecule has 1 aromatic heterocycles. The van der Waals surface area contributed by atoms with E-state index in [1.54, 1.807) is 6.07 Å². The molecule has 0 radical (unpaired) electrons. The Morgan fingerprint density at radius 1 is 1.44 bits per heavy atom. The topological polar surface area (TPSA) is 54.7 Å². The number of hydrogen-bond acceptors (Lipinski definition) is 2. The minimum Gasteiger partial charge on any atom is -0.342 e. The Labute approximate surface area is 93.9 Å². The molecule has 4 heteroatoms. The van der Waals surface area contributed by atoms with E-state index in [1.807, 2.05) is 6.07 Å². The van der Waals surface area contributed by atoms with Gasteiger partial charge in [0.05, 0.1) is 5.52 Å². The summed E-state index contributed by atoms with van der Waals surface area (Å²) in [5, 5.41) is 0. The van der Waals surface area contributed by atoms with Crippen molar-refractivity contribution in [2.45, 2.75) is 26.3 Å². The van der Waals surface area contributed by atoms with Crippen LogP contribution >= 0.6 is 0 Å². The average molecular weight is 221 g/mol. The molecular formula is C12H16FN3. The minimum atomic E-state index is -0.293. The maximum Gasteiger partial charge on any atom is 0.151 e. The van der Waals surface area contributed by atoms with Gasteiger partial charge in [0, 0.05) is 12.5 Å². The summed E-state index contributed by atoms with van der Waals surface area (Å²) >= 11 is 0. The summed E-state index contributed by atoms with van der Waals surface area (Å²) in [7, 11) is 0. The summed E-state index contributed by atoms with van der Waals surface area (Å²) in [6, 6.07) is 4.94. The third kappa shape index (κ3) is 2.07. The predicted molar refractivity (Wildman–Crippen MR) is 62.6 cm³/mol. The summed E-state index contributed by atoms with van der Waals surface area (Å²) in [5.74, 6) is 0.845. The largest absolute Gasteiger partial charge is 0.342 e. The number of nitrogens with two attached hydrogens (primary N) is 1. The van der Waals surface area contributed by atoms with E-state index in [0.29, 0.717) is 17.9 Å². The number of H-pyrrole nitrogens is 1. The van der Waals surface area contributed by atoms with E-state index in [9.17, 15) is 4.39 Å². The molecule has 3 nitrogen and oxygen atoms in total. The molecule has 0 bridgehead atoms. The van der Waals surface area contributed by atoms with Crippen LogP contribution in [0.15, 0.2) is 18.2 Å². The van der Waals surface area contributed by atoms with Crippen molar-refractivity contribution in [2.24, 2.45) is 11.7 Å². The van der Waals surface area contributed by atoms with Crippen molar-refractivity contribution < 1.29 is 4.39 Å². The quantitative estimate of drug-likeness (QED) is 0.835. The van der Waals surface area contributed by atoms with Gasteiger partial charge in [0.15, 0.2) is 5.82 Å². The number of aromatic nitrogens is 2. The van der Waals surface area contributed by atoms with Crippen molar-refractivity contribution in [3.8, 4) is 0 Å². The maximum absolute atomic E-state index is 13.4. The summed E-state index contributed by atoms with van der Waals surface area (Å²) < 4.78 is 13.4. The molecule has 0 saturated carbocycles. The van der Waals surface area contributed by atoms with Crippen molar-refractivity contribution in [3.63, 3.8) is 0 Å². The van der Waals surface area contributed by atoms with Crippen LogP contribution in [0.2, 0.25) is 0 Å². The van der Waals surface area contributed by atoms with Gasteiger partial charge in [0.25, 0.3) is 0 Å². The molecule has 0 aliphatic heterocycles. The second kappa shape index (κ2) is 4.22. The Morgan fingerprint density at radius 2 is 2.19 bits per heavy atom. The molecule has 16 heavy (non-hydrogen) atoms.